The Labute approximate surface area is 90.4 Å². The minimum absolute atomic E-state index is 0.0150. The second-order valence-electron chi connectivity index (χ2n) is 3.30. The standard InChI is InChI=1S/C11H18N2O2/c1-3-14-8-9(2)15-11-5-4-10(6-12)7-13-11/h4-5,7,9H,3,6,8,12H2,1-2H3. The minimum Gasteiger partial charge on any atom is -0.472 e. The Morgan fingerprint density at radius 1 is 1.47 bits per heavy atom. The molecule has 0 saturated heterocycles. The number of hydrogen-bond acceptors (Lipinski definition) is 4. The molecule has 4 heteroatoms. The zero-order valence-electron chi connectivity index (χ0n) is 9.27. The van der Waals surface area contributed by atoms with Crippen molar-refractivity contribution in [2.24, 2.45) is 5.73 Å². The van der Waals surface area contributed by atoms with Gasteiger partial charge in [-0.2, -0.15) is 0 Å². The smallest absolute Gasteiger partial charge is 0.213 e. The lowest BCUT2D eigenvalue weighted by molar-refractivity contribution is 0.0633. The fourth-order valence-corrected chi connectivity index (χ4v) is 1.13. The van der Waals surface area contributed by atoms with Crippen LogP contribution in [0.2, 0.25) is 0 Å². The molecule has 1 aromatic rings. The fraction of sp³-hybridized carbons (Fsp3) is 0.545. The molecule has 1 heterocycles. The Morgan fingerprint density at radius 3 is 2.80 bits per heavy atom. The van der Waals surface area contributed by atoms with Crippen LogP contribution < -0.4 is 10.5 Å². The van der Waals surface area contributed by atoms with Crippen molar-refractivity contribution in [2.45, 2.75) is 26.5 Å². The van der Waals surface area contributed by atoms with Crippen LogP contribution in [0.3, 0.4) is 0 Å². The lowest BCUT2D eigenvalue weighted by Crippen LogP contribution is -2.19. The van der Waals surface area contributed by atoms with Gasteiger partial charge in [-0.1, -0.05) is 6.07 Å². The molecule has 1 atom stereocenters. The first kappa shape index (κ1) is 11.9. The summed E-state index contributed by atoms with van der Waals surface area (Å²) in [5.41, 5.74) is 6.47. The molecule has 0 bridgehead atoms. The van der Waals surface area contributed by atoms with E-state index in [4.69, 9.17) is 15.2 Å². The van der Waals surface area contributed by atoms with Gasteiger partial charge in [-0.05, 0) is 19.4 Å². The molecule has 15 heavy (non-hydrogen) atoms. The van der Waals surface area contributed by atoms with Crippen LogP contribution in [0, 0.1) is 0 Å². The molecule has 0 spiro atoms. The van der Waals surface area contributed by atoms with Crippen molar-refractivity contribution in [3.8, 4) is 5.88 Å². The van der Waals surface area contributed by atoms with E-state index in [0.717, 1.165) is 5.56 Å². The summed E-state index contributed by atoms with van der Waals surface area (Å²) in [5.74, 6) is 0.611. The molecule has 1 unspecified atom stereocenters. The molecular weight excluding hydrogens is 192 g/mol. The van der Waals surface area contributed by atoms with Gasteiger partial charge in [0.05, 0.1) is 6.61 Å². The summed E-state index contributed by atoms with van der Waals surface area (Å²) in [6.07, 6.45) is 1.74. The Balaban J connectivity index is 2.42. The molecule has 0 amide bonds. The average Bonchev–Trinajstić information content (AvgIpc) is 2.27. The third-order valence-electron chi connectivity index (χ3n) is 1.91. The van der Waals surface area contributed by atoms with Gasteiger partial charge >= 0.3 is 0 Å². The van der Waals surface area contributed by atoms with Gasteiger partial charge in [-0.15, -0.1) is 0 Å². The van der Waals surface area contributed by atoms with Gasteiger partial charge in [0, 0.05) is 25.4 Å². The Bertz CT molecular complexity index is 274. The van der Waals surface area contributed by atoms with Crippen LogP contribution in [0.4, 0.5) is 0 Å². The van der Waals surface area contributed by atoms with Gasteiger partial charge in [0.1, 0.15) is 6.10 Å². The lowest BCUT2D eigenvalue weighted by atomic mass is 10.3. The van der Waals surface area contributed by atoms with Crippen molar-refractivity contribution in [3.05, 3.63) is 23.9 Å². The van der Waals surface area contributed by atoms with Crippen LogP contribution >= 0.6 is 0 Å². The Morgan fingerprint density at radius 2 is 2.27 bits per heavy atom. The minimum atomic E-state index is 0.0150. The summed E-state index contributed by atoms with van der Waals surface area (Å²) in [7, 11) is 0. The first-order chi connectivity index (χ1) is 7.26. The van der Waals surface area contributed by atoms with E-state index in [9.17, 15) is 0 Å². The van der Waals surface area contributed by atoms with Crippen molar-refractivity contribution in [2.75, 3.05) is 13.2 Å². The number of ether oxygens (including phenoxy) is 2. The summed E-state index contributed by atoms with van der Waals surface area (Å²) >= 11 is 0. The quantitative estimate of drug-likeness (QED) is 0.770. The summed E-state index contributed by atoms with van der Waals surface area (Å²) in [4.78, 5) is 4.14. The highest BCUT2D eigenvalue weighted by atomic mass is 16.5. The number of hydrogen-bond donors (Lipinski definition) is 1. The van der Waals surface area contributed by atoms with E-state index in [2.05, 4.69) is 4.98 Å². The highest BCUT2D eigenvalue weighted by Crippen LogP contribution is 2.09. The number of nitrogens with two attached hydrogens (primary N) is 1. The zero-order valence-corrected chi connectivity index (χ0v) is 9.27. The van der Waals surface area contributed by atoms with E-state index >= 15 is 0 Å². The first-order valence-electron chi connectivity index (χ1n) is 5.15. The van der Waals surface area contributed by atoms with Crippen molar-refractivity contribution < 1.29 is 9.47 Å². The molecule has 1 rings (SSSR count). The van der Waals surface area contributed by atoms with Gasteiger partial charge < -0.3 is 15.2 Å². The second-order valence-corrected chi connectivity index (χ2v) is 3.30. The van der Waals surface area contributed by atoms with Crippen molar-refractivity contribution in [3.63, 3.8) is 0 Å². The first-order valence-corrected chi connectivity index (χ1v) is 5.15. The van der Waals surface area contributed by atoms with E-state index in [0.29, 0.717) is 25.6 Å². The average molecular weight is 210 g/mol. The largest absolute Gasteiger partial charge is 0.472 e. The molecule has 0 fully saturated rings. The van der Waals surface area contributed by atoms with Crippen LogP contribution in [0.5, 0.6) is 5.88 Å². The molecule has 0 aliphatic carbocycles. The fourth-order valence-electron chi connectivity index (χ4n) is 1.13. The van der Waals surface area contributed by atoms with E-state index in [1.54, 1.807) is 6.20 Å². The predicted octanol–water partition coefficient (Wildman–Crippen LogP) is 1.34. The third-order valence-corrected chi connectivity index (χ3v) is 1.91. The number of nitrogens with zero attached hydrogens (tertiary/aromatic N) is 1. The van der Waals surface area contributed by atoms with Crippen LogP contribution in [0.1, 0.15) is 19.4 Å². The predicted molar refractivity (Wildman–Crippen MR) is 58.7 cm³/mol. The maximum Gasteiger partial charge on any atom is 0.213 e. The number of aromatic nitrogens is 1. The van der Waals surface area contributed by atoms with E-state index < -0.39 is 0 Å². The van der Waals surface area contributed by atoms with Crippen LogP contribution in [0.25, 0.3) is 0 Å². The Hall–Kier alpha value is -1.13. The maximum atomic E-state index is 5.54. The summed E-state index contributed by atoms with van der Waals surface area (Å²) < 4.78 is 10.8. The van der Waals surface area contributed by atoms with E-state index in [1.165, 1.54) is 0 Å². The summed E-state index contributed by atoms with van der Waals surface area (Å²) in [5, 5.41) is 0. The van der Waals surface area contributed by atoms with Crippen LogP contribution in [-0.4, -0.2) is 24.3 Å². The molecule has 84 valence electrons. The normalized spacial score (nSPS) is 12.5. The summed E-state index contributed by atoms with van der Waals surface area (Å²) in [6.45, 7) is 5.70. The molecule has 0 aliphatic heterocycles. The maximum absolute atomic E-state index is 5.54. The zero-order chi connectivity index (χ0) is 11.1. The van der Waals surface area contributed by atoms with Gasteiger partial charge in [0.2, 0.25) is 5.88 Å². The van der Waals surface area contributed by atoms with Crippen LogP contribution in [0.15, 0.2) is 18.3 Å². The molecule has 0 aliphatic rings. The molecule has 1 aromatic heterocycles. The molecule has 0 aromatic carbocycles. The van der Waals surface area contributed by atoms with Crippen molar-refractivity contribution >= 4 is 0 Å². The van der Waals surface area contributed by atoms with Crippen molar-refractivity contribution in [1.82, 2.24) is 4.98 Å². The molecule has 2 N–H and O–H groups in total. The third kappa shape index (κ3) is 4.27. The van der Waals surface area contributed by atoms with Gasteiger partial charge in [-0.25, -0.2) is 4.98 Å². The van der Waals surface area contributed by atoms with E-state index in [-0.39, 0.29) is 6.10 Å². The highest BCUT2D eigenvalue weighted by Gasteiger charge is 2.04. The summed E-state index contributed by atoms with van der Waals surface area (Å²) in [6, 6.07) is 3.74. The number of pyridine rings is 1. The Kier molecular flexibility index (Phi) is 5.07. The van der Waals surface area contributed by atoms with Gasteiger partial charge in [0.15, 0.2) is 0 Å². The van der Waals surface area contributed by atoms with Gasteiger partial charge in [0.25, 0.3) is 0 Å². The van der Waals surface area contributed by atoms with Crippen molar-refractivity contribution in [1.29, 1.82) is 0 Å². The lowest BCUT2D eigenvalue weighted by Gasteiger charge is -2.13. The second kappa shape index (κ2) is 6.37. The van der Waals surface area contributed by atoms with Gasteiger partial charge in [-0.3, -0.25) is 0 Å². The molecule has 0 radical (unpaired) electrons. The molecule has 4 nitrogen and oxygen atoms in total. The topological polar surface area (TPSA) is 57.4 Å². The van der Waals surface area contributed by atoms with Crippen LogP contribution in [-0.2, 0) is 11.3 Å². The number of rotatable bonds is 6. The molecular formula is C11H18N2O2. The molecule has 0 saturated carbocycles. The van der Waals surface area contributed by atoms with E-state index in [1.807, 2.05) is 26.0 Å². The highest BCUT2D eigenvalue weighted by molar-refractivity contribution is 5.17. The SMILES string of the molecule is CCOCC(C)Oc1ccc(CN)cn1. The monoisotopic (exact) mass is 210 g/mol.